The highest BCUT2D eigenvalue weighted by molar-refractivity contribution is 5.92. The molecule has 1 saturated heterocycles. The van der Waals surface area contributed by atoms with Crippen LogP contribution in [0.15, 0.2) is 30.3 Å². The second kappa shape index (κ2) is 4.30. The number of rotatable bonds is 2. The van der Waals surface area contributed by atoms with Gasteiger partial charge in [-0.15, -0.1) is 0 Å². The van der Waals surface area contributed by atoms with Gasteiger partial charge >= 0.3 is 0 Å². The van der Waals surface area contributed by atoms with Gasteiger partial charge in [0.1, 0.15) is 5.82 Å². The van der Waals surface area contributed by atoms with Crippen molar-refractivity contribution in [2.24, 2.45) is 0 Å². The summed E-state index contributed by atoms with van der Waals surface area (Å²) < 4.78 is 12.9. The Morgan fingerprint density at radius 3 is 2.82 bits per heavy atom. The third kappa shape index (κ3) is 2.91. The highest BCUT2D eigenvalue weighted by Crippen LogP contribution is 2.20. The molecule has 0 atom stereocenters. The number of nitrogens with zero attached hydrogens (tertiary/aromatic N) is 1. The fourth-order valence-electron chi connectivity index (χ4n) is 1.82. The van der Waals surface area contributed by atoms with Crippen LogP contribution in [-0.4, -0.2) is 34.6 Å². The average Bonchev–Trinajstić information content (AvgIpc) is 2.22. The molecule has 90 valence electrons. The summed E-state index contributed by atoms with van der Waals surface area (Å²) in [6.07, 6.45) is 2.96. The molecule has 1 heterocycles. The van der Waals surface area contributed by atoms with E-state index < -0.39 is 5.60 Å². The zero-order chi connectivity index (χ0) is 12.5. The fourth-order valence-corrected chi connectivity index (χ4v) is 1.82. The van der Waals surface area contributed by atoms with E-state index in [9.17, 15) is 14.3 Å². The normalized spacial score (nSPS) is 18.2. The van der Waals surface area contributed by atoms with Crippen LogP contribution in [0.1, 0.15) is 12.5 Å². The molecule has 0 aliphatic carbocycles. The van der Waals surface area contributed by atoms with Crippen LogP contribution in [-0.2, 0) is 4.79 Å². The molecule has 3 nitrogen and oxygen atoms in total. The summed E-state index contributed by atoms with van der Waals surface area (Å²) in [5, 5.41) is 9.49. The van der Waals surface area contributed by atoms with Crippen molar-refractivity contribution in [2.45, 2.75) is 12.5 Å². The van der Waals surface area contributed by atoms with Crippen molar-refractivity contribution in [1.82, 2.24) is 4.90 Å². The number of hydrogen-bond acceptors (Lipinski definition) is 2. The summed E-state index contributed by atoms with van der Waals surface area (Å²) in [6, 6.07) is 6.02. The van der Waals surface area contributed by atoms with Gasteiger partial charge in [-0.2, -0.15) is 0 Å². The van der Waals surface area contributed by atoms with Gasteiger partial charge in [0.15, 0.2) is 0 Å². The summed E-state index contributed by atoms with van der Waals surface area (Å²) in [5.41, 5.74) is -0.117. The first-order valence-corrected chi connectivity index (χ1v) is 5.41. The molecular formula is C13H14FNO2. The number of carbonyl (C=O) groups is 1. The number of amides is 1. The number of likely N-dealkylation sites (tertiary alicyclic amines) is 1. The van der Waals surface area contributed by atoms with Crippen LogP contribution in [0.3, 0.4) is 0 Å². The lowest BCUT2D eigenvalue weighted by molar-refractivity contribution is -0.146. The first-order valence-electron chi connectivity index (χ1n) is 5.41. The number of β-amino-alcohol motifs (C(OH)–C–C–N with tert-alkyl or cyclic N) is 1. The van der Waals surface area contributed by atoms with Crippen molar-refractivity contribution >= 4 is 12.0 Å². The Hall–Kier alpha value is -1.68. The van der Waals surface area contributed by atoms with Gasteiger partial charge in [-0.05, 0) is 30.7 Å². The molecule has 0 spiro atoms. The van der Waals surface area contributed by atoms with E-state index in [1.54, 1.807) is 25.1 Å². The summed E-state index contributed by atoms with van der Waals surface area (Å²) in [7, 11) is 0. The van der Waals surface area contributed by atoms with Crippen LogP contribution in [0.25, 0.3) is 6.08 Å². The Labute approximate surface area is 99.2 Å². The van der Waals surface area contributed by atoms with Gasteiger partial charge in [-0.3, -0.25) is 4.79 Å². The summed E-state index contributed by atoms with van der Waals surface area (Å²) >= 11 is 0. The second-order valence-electron chi connectivity index (χ2n) is 4.58. The maximum absolute atomic E-state index is 12.9. The SMILES string of the molecule is CC1(O)CN(C(=O)C=Cc2cccc(F)c2)C1. The van der Waals surface area contributed by atoms with Crippen molar-refractivity contribution in [3.8, 4) is 0 Å². The summed E-state index contributed by atoms with van der Waals surface area (Å²) in [5.74, 6) is -0.493. The van der Waals surface area contributed by atoms with Crippen molar-refractivity contribution in [1.29, 1.82) is 0 Å². The third-order valence-electron chi connectivity index (χ3n) is 2.64. The van der Waals surface area contributed by atoms with Crippen LogP contribution in [0.2, 0.25) is 0 Å². The van der Waals surface area contributed by atoms with E-state index in [-0.39, 0.29) is 11.7 Å². The summed E-state index contributed by atoms with van der Waals surface area (Å²) in [6.45, 7) is 2.38. The van der Waals surface area contributed by atoms with Gasteiger partial charge < -0.3 is 10.0 Å². The molecule has 1 aromatic carbocycles. The van der Waals surface area contributed by atoms with Gasteiger partial charge in [0.25, 0.3) is 0 Å². The van der Waals surface area contributed by atoms with E-state index in [1.807, 2.05) is 0 Å². The Kier molecular flexibility index (Phi) is 2.98. The van der Waals surface area contributed by atoms with Crippen molar-refractivity contribution < 1.29 is 14.3 Å². The van der Waals surface area contributed by atoms with Crippen LogP contribution in [0, 0.1) is 5.82 Å². The molecule has 1 aliphatic heterocycles. The molecule has 2 rings (SSSR count). The minimum atomic E-state index is -0.762. The van der Waals surface area contributed by atoms with Gasteiger partial charge in [-0.1, -0.05) is 12.1 Å². The van der Waals surface area contributed by atoms with Crippen LogP contribution >= 0.6 is 0 Å². The minimum Gasteiger partial charge on any atom is -0.386 e. The highest BCUT2D eigenvalue weighted by Gasteiger charge is 2.38. The Bertz CT molecular complexity index is 460. The van der Waals surface area contributed by atoms with E-state index in [4.69, 9.17) is 0 Å². The maximum atomic E-state index is 12.9. The summed E-state index contributed by atoms with van der Waals surface area (Å²) in [4.78, 5) is 13.1. The van der Waals surface area contributed by atoms with Crippen LogP contribution in [0.5, 0.6) is 0 Å². The molecule has 4 heteroatoms. The predicted octanol–water partition coefficient (Wildman–Crippen LogP) is 1.43. The molecule has 0 aromatic heterocycles. The number of halogens is 1. The predicted molar refractivity (Wildman–Crippen MR) is 62.6 cm³/mol. The van der Waals surface area contributed by atoms with E-state index in [1.165, 1.54) is 23.1 Å². The average molecular weight is 235 g/mol. The van der Waals surface area contributed by atoms with Gasteiger partial charge in [0.05, 0.1) is 18.7 Å². The van der Waals surface area contributed by atoms with Crippen molar-refractivity contribution in [3.63, 3.8) is 0 Å². The molecule has 0 bridgehead atoms. The van der Waals surface area contributed by atoms with E-state index >= 15 is 0 Å². The molecule has 1 fully saturated rings. The standard InChI is InChI=1S/C13H14FNO2/c1-13(17)8-15(9-13)12(16)6-5-10-3-2-4-11(14)7-10/h2-7,17H,8-9H2,1H3. The molecule has 1 N–H and O–H groups in total. The van der Waals surface area contributed by atoms with Gasteiger partial charge in [0.2, 0.25) is 5.91 Å². The monoisotopic (exact) mass is 235 g/mol. The first kappa shape index (κ1) is 11.8. The molecule has 1 aliphatic rings. The second-order valence-corrected chi connectivity index (χ2v) is 4.58. The van der Waals surface area contributed by atoms with Crippen LogP contribution in [0.4, 0.5) is 4.39 Å². The fraction of sp³-hybridized carbons (Fsp3) is 0.308. The topological polar surface area (TPSA) is 40.5 Å². The van der Waals surface area contributed by atoms with E-state index in [0.29, 0.717) is 18.7 Å². The quantitative estimate of drug-likeness (QED) is 0.788. The third-order valence-corrected chi connectivity index (χ3v) is 2.64. The number of benzene rings is 1. The minimum absolute atomic E-state index is 0.166. The number of aliphatic hydroxyl groups is 1. The van der Waals surface area contributed by atoms with Gasteiger partial charge in [-0.25, -0.2) is 4.39 Å². The lowest BCUT2D eigenvalue weighted by Crippen LogP contribution is -2.61. The molecule has 17 heavy (non-hydrogen) atoms. The number of carbonyl (C=O) groups excluding carboxylic acids is 1. The van der Waals surface area contributed by atoms with Crippen LogP contribution < -0.4 is 0 Å². The smallest absolute Gasteiger partial charge is 0.246 e. The maximum Gasteiger partial charge on any atom is 0.246 e. The first-order chi connectivity index (χ1) is 7.96. The zero-order valence-corrected chi connectivity index (χ0v) is 9.56. The molecule has 1 amide bonds. The zero-order valence-electron chi connectivity index (χ0n) is 9.56. The lowest BCUT2D eigenvalue weighted by Gasteiger charge is -2.43. The van der Waals surface area contributed by atoms with Crippen molar-refractivity contribution in [2.75, 3.05) is 13.1 Å². The van der Waals surface area contributed by atoms with Gasteiger partial charge in [0, 0.05) is 6.08 Å². The molecular weight excluding hydrogens is 221 g/mol. The lowest BCUT2D eigenvalue weighted by atomic mass is 9.97. The Morgan fingerprint density at radius 2 is 2.24 bits per heavy atom. The van der Waals surface area contributed by atoms with E-state index in [2.05, 4.69) is 0 Å². The molecule has 0 saturated carbocycles. The molecule has 0 radical (unpaired) electrons. The number of hydrogen-bond donors (Lipinski definition) is 1. The molecule has 0 unspecified atom stereocenters. The Morgan fingerprint density at radius 1 is 1.53 bits per heavy atom. The highest BCUT2D eigenvalue weighted by atomic mass is 19.1. The largest absolute Gasteiger partial charge is 0.386 e. The molecule has 1 aromatic rings. The van der Waals surface area contributed by atoms with Crippen molar-refractivity contribution in [3.05, 3.63) is 41.7 Å². The Balaban J connectivity index is 1.95. The van der Waals surface area contributed by atoms with E-state index in [0.717, 1.165) is 0 Å².